The maximum Gasteiger partial charge on any atom is 0.231 e. The summed E-state index contributed by atoms with van der Waals surface area (Å²) in [7, 11) is 3.99. The summed E-state index contributed by atoms with van der Waals surface area (Å²) in [6.45, 7) is 2.36. The van der Waals surface area contributed by atoms with Crippen LogP contribution in [0, 0.1) is 6.92 Å². The van der Waals surface area contributed by atoms with Crippen LogP contribution in [0.4, 0.5) is 5.69 Å². The van der Waals surface area contributed by atoms with E-state index in [1.807, 2.05) is 80.5 Å². The largest absolute Gasteiger partial charge is 0.488 e. The molecule has 1 aliphatic rings. The molecule has 0 N–H and O–H groups in total. The fraction of sp³-hybridized carbons (Fsp3) is 0.160. The number of nitrogens with zero attached hydrogens (tertiary/aromatic N) is 1. The standard InChI is InChI=1S/C25H22BrNO3/c1-16-22(29-15-18-4-8-19(26)9-5-18)13-12-21-24(28)23(30-25(16)21)14-17-6-10-20(11-7-17)27(2)3/h4-14H,15H2,1-3H3/b23-14-. The lowest BCUT2D eigenvalue weighted by Gasteiger charge is -2.12. The number of benzene rings is 3. The number of Topliss-reactive ketones (excluding diaryl/α,β-unsaturated/α-hetero) is 1. The van der Waals surface area contributed by atoms with E-state index in [0.29, 0.717) is 29.4 Å². The molecule has 30 heavy (non-hydrogen) atoms. The molecule has 152 valence electrons. The average Bonchev–Trinajstić information content (AvgIpc) is 3.05. The Labute approximate surface area is 184 Å². The van der Waals surface area contributed by atoms with Crippen molar-refractivity contribution in [3.63, 3.8) is 0 Å². The fourth-order valence-corrected chi connectivity index (χ4v) is 3.55. The number of halogens is 1. The predicted octanol–water partition coefficient (Wildman–Crippen LogP) is 6.02. The van der Waals surface area contributed by atoms with Crippen LogP contribution < -0.4 is 14.4 Å². The molecule has 0 amide bonds. The van der Waals surface area contributed by atoms with Gasteiger partial charge in [-0.2, -0.15) is 0 Å². The van der Waals surface area contributed by atoms with Crippen molar-refractivity contribution in [1.82, 2.24) is 0 Å². The van der Waals surface area contributed by atoms with Crippen LogP contribution in [0.15, 0.2) is 70.9 Å². The number of ketones is 1. The van der Waals surface area contributed by atoms with Crippen LogP contribution >= 0.6 is 15.9 Å². The van der Waals surface area contributed by atoms with Crippen molar-refractivity contribution in [3.05, 3.63) is 93.1 Å². The van der Waals surface area contributed by atoms with E-state index in [9.17, 15) is 4.79 Å². The minimum atomic E-state index is -0.107. The zero-order valence-electron chi connectivity index (χ0n) is 17.1. The Kier molecular flexibility index (Phi) is 5.64. The molecule has 3 aromatic carbocycles. The van der Waals surface area contributed by atoms with Gasteiger partial charge in [0.05, 0.1) is 5.56 Å². The quantitative estimate of drug-likeness (QED) is 0.433. The molecule has 3 aromatic rings. The highest BCUT2D eigenvalue weighted by atomic mass is 79.9. The van der Waals surface area contributed by atoms with Crippen LogP contribution in [-0.4, -0.2) is 19.9 Å². The third kappa shape index (κ3) is 4.12. The fourth-order valence-electron chi connectivity index (χ4n) is 3.29. The predicted molar refractivity (Wildman–Crippen MR) is 123 cm³/mol. The number of ether oxygens (including phenoxy) is 2. The van der Waals surface area contributed by atoms with E-state index >= 15 is 0 Å². The topological polar surface area (TPSA) is 38.8 Å². The van der Waals surface area contributed by atoms with E-state index < -0.39 is 0 Å². The molecule has 0 spiro atoms. The lowest BCUT2D eigenvalue weighted by atomic mass is 10.1. The Balaban J connectivity index is 1.53. The van der Waals surface area contributed by atoms with Gasteiger partial charge in [0.25, 0.3) is 0 Å². The average molecular weight is 464 g/mol. The Hall–Kier alpha value is -3.05. The molecular formula is C25H22BrNO3. The highest BCUT2D eigenvalue weighted by Gasteiger charge is 2.30. The summed E-state index contributed by atoms with van der Waals surface area (Å²) in [6, 6.07) is 19.6. The van der Waals surface area contributed by atoms with Crippen molar-refractivity contribution >= 4 is 33.5 Å². The van der Waals surface area contributed by atoms with Crippen LogP contribution in [0.25, 0.3) is 6.08 Å². The van der Waals surface area contributed by atoms with Crippen molar-refractivity contribution in [2.45, 2.75) is 13.5 Å². The van der Waals surface area contributed by atoms with E-state index in [1.54, 1.807) is 12.1 Å². The van der Waals surface area contributed by atoms with E-state index in [2.05, 4.69) is 15.9 Å². The van der Waals surface area contributed by atoms with Crippen LogP contribution in [0.3, 0.4) is 0 Å². The maximum absolute atomic E-state index is 12.8. The van der Waals surface area contributed by atoms with Crippen LogP contribution in [-0.2, 0) is 6.61 Å². The summed E-state index contributed by atoms with van der Waals surface area (Å²) in [5.41, 5.74) is 4.48. The SMILES string of the molecule is Cc1c(OCc2ccc(Br)cc2)ccc2c1O/C(=C\c1ccc(N(C)C)cc1)C2=O. The number of carbonyl (C=O) groups excluding carboxylic acids is 1. The zero-order valence-corrected chi connectivity index (χ0v) is 18.7. The molecule has 0 saturated carbocycles. The number of anilines is 1. The first-order valence-corrected chi connectivity index (χ1v) is 10.4. The van der Waals surface area contributed by atoms with Crippen molar-refractivity contribution in [1.29, 1.82) is 0 Å². The number of fused-ring (bicyclic) bond motifs is 1. The van der Waals surface area contributed by atoms with Gasteiger partial charge in [0, 0.05) is 29.8 Å². The molecule has 1 aliphatic heterocycles. The first-order valence-electron chi connectivity index (χ1n) is 9.65. The molecule has 0 aliphatic carbocycles. The summed E-state index contributed by atoms with van der Waals surface area (Å²) in [5.74, 6) is 1.51. The number of hydrogen-bond acceptors (Lipinski definition) is 4. The number of rotatable bonds is 5. The molecule has 1 heterocycles. The molecule has 0 radical (unpaired) electrons. The summed E-state index contributed by atoms with van der Waals surface area (Å²) < 4.78 is 13.0. The second-order valence-corrected chi connectivity index (χ2v) is 8.32. The summed E-state index contributed by atoms with van der Waals surface area (Å²) >= 11 is 3.43. The van der Waals surface area contributed by atoms with Gasteiger partial charge in [-0.3, -0.25) is 4.79 Å². The molecule has 0 unspecified atom stereocenters. The molecule has 4 rings (SSSR count). The third-order valence-electron chi connectivity index (χ3n) is 5.05. The third-order valence-corrected chi connectivity index (χ3v) is 5.58. The molecule has 0 fully saturated rings. The van der Waals surface area contributed by atoms with Crippen molar-refractivity contribution in [2.24, 2.45) is 0 Å². The van der Waals surface area contributed by atoms with Gasteiger partial charge in [-0.1, -0.05) is 40.2 Å². The van der Waals surface area contributed by atoms with Crippen molar-refractivity contribution in [2.75, 3.05) is 19.0 Å². The minimum Gasteiger partial charge on any atom is -0.488 e. The first kappa shape index (κ1) is 20.2. The molecule has 0 atom stereocenters. The van der Waals surface area contributed by atoms with Gasteiger partial charge in [-0.05, 0) is 60.5 Å². The number of hydrogen-bond donors (Lipinski definition) is 0. The van der Waals surface area contributed by atoms with Crippen LogP contribution in [0.1, 0.15) is 27.0 Å². The molecule has 5 heteroatoms. The first-order chi connectivity index (χ1) is 14.4. The van der Waals surface area contributed by atoms with Gasteiger partial charge in [-0.15, -0.1) is 0 Å². The number of carbonyl (C=O) groups is 1. The van der Waals surface area contributed by atoms with E-state index in [4.69, 9.17) is 9.47 Å². The van der Waals surface area contributed by atoms with E-state index in [0.717, 1.165) is 26.9 Å². The summed E-state index contributed by atoms with van der Waals surface area (Å²) in [4.78, 5) is 14.8. The monoisotopic (exact) mass is 463 g/mol. The molecular weight excluding hydrogens is 442 g/mol. The number of allylic oxidation sites excluding steroid dienone is 1. The molecule has 4 nitrogen and oxygen atoms in total. The second kappa shape index (κ2) is 8.36. The van der Waals surface area contributed by atoms with Crippen LogP contribution in [0.2, 0.25) is 0 Å². The van der Waals surface area contributed by atoms with E-state index in [1.165, 1.54) is 0 Å². The van der Waals surface area contributed by atoms with Gasteiger partial charge < -0.3 is 14.4 Å². The van der Waals surface area contributed by atoms with Gasteiger partial charge in [0.1, 0.15) is 18.1 Å². The normalized spacial score (nSPS) is 13.9. The van der Waals surface area contributed by atoms with Crippen LogP contribution in [0.5, 0.6) is 11.5 Å². The molecule has 0 aromatic heterocycles. The van der Waals surface area contributed by atoms with Gasteiger partial charge >= 0.3 is 0 Å². The summed E-state index contributed by atoms with van der Waals surface area (Å²) in [6.07, 6.45) is 1.78. The lowest BCUT2D eigenvalue weighted by molar-refractivity contribution is 0.101. The smallest absolute Gasteiger partial charge is 0.231 e. The Morgan fingerprint density at radius 1 is 1.00 bits per heavy atom. The van der Waals surface area contributed by atoms with Crippen molar-refractivity contribution < 1.29 is 14.3 Å². The Morgan fingerprint density at radius 2 is 1.70 bits per heavy atom. The van der Waals surface area contributed by atoms with Crippen molar-refractivity contribution in [3.8, 4) is 11.5 Å². The second-order valence-electron chi connectivity index (χ2n) is 7.41. The Bertz CT molecular complexity index is 1120. The molecule has 0 saturated heterocycles. The minimum absolute atomic E-state index is 0.107. The van der Waals surface area contributed by atoms with Gasteiger partial charge in [0.2, 0.25) is 5.78 Å². The Morgan fingerprint density at radius 3 is 2.37 bits per heavy atom. The van der Waals surface area contributed by atoms with E-state index in [-0.39, 0.29) is 5.78 Å². The zero-order chi connectivity index (χ0) is 21.3. The highest BCUT2D eigenvalue weighted by Crippen LogP contribution is 2.39. The summed E-state index contributed by atoms with van der Waals surface area (Å²) in [5, 5.41) is 0. The molecule has 0 bridgehead atoms. The maximum atomic E-state index is 12.8. The lowest BCUT2D eigenvalue weighted by Crippen LogP contribution is -2.08. The highest BCUT2D eigenvalue weighted by molar-refractivity contribution is 9.10. The van der Waals surface area contributed by atoms with Gasteiger partial charge in [-0.25, -0.2) is 0 Å². The van der Waals surface area contributed by atoms with Gasteiger partial charge in [0.15, 0.2) is 5.76 Å².